The molecule has 1 heterocycles. The molecule has 0 saturated heterocycles. The SMILES string of the molecule is CCCOc1c(Oc2ccccc2CCC)c2ccccc2oc1=O. The van der Waals surface area contributed by atoms with Crippen molar-refractivity contribution >= 4 is 11.0 Å². The van der Waals surface area contributed by atoms with Crippen molar-refractivity contribution in [2.24, 2.45) is 0 Å². The second-order valence-electron chi connectivity index (χ2n) is 5.85. The van der Waals surface area contributed by atoms with Crippen LogP contribution in [0.1, 0.15) is 32.3 Å². The van der Waals surface area contributed by atoms with E-state index in [1.54, 1.807) is 6.07 Å². The van der Waals surface area contributed by atoms with E-state index in [0.717, 1.165) is 36.0 Å². The van der Waals surface area contributed by atoms with E-state index in [4.69, 9.17) is 13.9 Å². The number of para-hydroxylation sites is 2. The predicted molar refractivity (Wildman–Crippen MR) is 98.8 cm³/mol. The number of hydrogen-bond donors (Lipinski definition) is 0. The summed E-state index contributed by atoms with van der Waals surface area (Å²) in [6.45, 7) is 4.54. The van der Waals surface area contributed by atoms with Gasteiger partial charge in [-0.2, -0.15) is 0 Å². The summed E-state index contributed by atoms with van der Waals surface area (Å²) in [5, 5.41) is 0.722. The fourth-order valence-corrected chi connectivity index (χ4v) is 2.72. The second kappa shape index (κ2) is 7.88. The highest BCUT2D eigenvalue weighted by atomic mass is 16.5. The van der Waals surface area contributed by atoms with Gasteiger partial charge in [-0.1, -0.05) is 50.6 Å². The molecule has 0 fully saturated rings. The molecule has 0 bridgehead atoms. The molecule has 0 radical (unpaired) electrons. The van der Waals surface area contributed by atoms with Crippen molar-refractivity contribution in [3.8, 4) is 17.2 Å². The second-order valence-corrected chi connectivity index (χ2v) is 5.85. The van der Waals surface area contributed by atoms with Crippen molar-refractivity contribution in [1.82, 2.24) is 0 Å². The quantitative estimate of drug-likeness (QED) is 0.547. The Hall–Kier alpha value is -2.75. The molecule has 4 nitrogen and oxygen atoms in total. The third kappa shape index (κ3) is 3.68. The van der Waals surface area contributed by atoms with Gasteiger partial charge in [0.25, 0.3) is 0 Å². The summed E-state index contributed by atoms with van der Waals surface area (Å²) in [6, 6.07) is 15.2. The molecule has 2 aromatic carbocycles. The summed E-state index contributed by atoms with van der Waals surface area (Å²) in [5.41, 5.74) is 1.07. The Kier molecular flexibility index (Phi) is 5.39. The normalized spacial score (nSPS) is 10.8. The number of benzene rings is 2. The molecule has 25 heavy (non-hydrogen) atoms. The van der Waals surface area contributed by atoms with E-state index in [-0.39, 0.29) is 5.75 Å². The Morgan fingerprint density at radius 2 is 1.68 bits per heavy atom. The minimum Gasteiger partial charge on any atom is -0.484 e. The van der Waals surface area contributed by atoms with Crippen LogP contribution in [0.15, 0.2) is 57.7 Å². The molecule has 0 amide bonds. The summed E-state index contributed by atoms with van der Waals surface area (Å²) in [4.78, 5) is 12.4. The summed E-state index contributed by atoms with van der Waals surface area (Å²) in [6.07, 6.45) is 2.70. The van der Waals surface area contributed by atoms with E-state index in [2.05, 4.69) is 6.92 Å². The average Bonchev–Trinajstić information content (AvgIpc) is 2.63. The lowest BCUT2D eigenvalue weighted by atomic mass is 10.1. The summed E-state index contributed by atoms with van der Waals surface area (Å²) < 4.78 is 17.3. The van der Waals surface area contributed by atoms with Gasteiger partial charge in [-0.25, -0.2) is 4.79 Å². The van der Waals surface area contributed by atoms with Crippen LogP contribution in [0, 0.1) is 0 Å². The zero-order valence-corrected chi connectivity index (χ0v) is 14.6. The zero-order valence-electron chi connectivity index (χ0n) is 14.6. The van der Waals surface area contributed by atoms with Crippen molar-refractivity contribution in [1.29, 1.82) is 0 Å². The van der Waals surface area contributed by atoms with Gasteiger partial charge in [-0.15, -0.1) is 0 Å². The van der Waals surface area contributed by atoms with Crippen molar-refractivity contribution in [3.63, 3.8) is 0 Å². The zero-order chi connectivity index (χ0) is 17.6. The molecule has 0 aliphatic rings. The maximum Gasteiger partial charge on any atom is 0.383 e. The molecule has 0 aliphatic carbocycles. The fourth-order valence-electron chi connectivity index (χ4n) is 2.72. The smallest absolute Gasteiger partial charge is 0.383 e. The number of ether oxygens (including phenoxy) is 2. The molecule has 0 saturated carbocycles. The molecule has 0 spiro atoms. The minimum absolute atomic E-state index is 0.131. The molecular formula is C21H22O4. The van der Waals surface area contributed by atoms with Gasteiger partial charge in [0, 0.05) is 0 Å². The molecule has 130 valence electrons. The topological polar surface area (TPSA) is 48.7 Å². The molecule has 3 aromatic rings. The highest BCUT2D eigenvalue weighted by Gasteiger charge is 2.19. The minimum atomic E-state index is -0.518. The third-order valence-corrected chi connectivity index (χ3v) is 3.88. The Bertz CT molecular complexity index is 911. The van der Waals surface area contributed by atoms with E-state index in [9.17, 15) is 4.79 Å². The molecular weight excluding hydrogens is 316 g/mol. The molecule has 3 rings (SSSR count). The molecule has 0 aliphatic heterocycles. The molecule has 4 heteroatoms. The lowest BCUT2D eigenvalue weighted by Gasteiger charge is -2.15. The number of fused-ring (bicyclic) bond motifs is 1. The Labute approximate surface area is 147 Å². The van der Waals surface area contributed by atoms with Gasteiger partial charge in [0.1, 0.15) is 11.3 Å². The van der Waals surface area contributed by atoms with E-state index < -0.39 is 5.63 Å². The third-order valence-electron chi connectivity index (χ3n) is 3.88. The molecule has 0 unspecified atom stereocenters. The maximum atomic E-state index is 12.4. The van der Waals surface area contributed by atoms with Crippen LogP contribution in [-0.2, 0) is 6.42 Å². The lowest BCUT2D eigenvalue weighted by molar-refractivity contribution is 0.287. The van der Waals surface area contributed by atoms with Crippen molar-refractivity contribution in [2.45, 2.75) is 33.1 Å². The first kappa shape index (κ1) is 17.1. The van der Waals surface area contributed by atoms with Crippen LogP contribution in [0.3, 0.4) is 0 Å². The van der Waals surface area contributed by atoms with Crippen molar-refractivity contribution in [2.75, 3.05) is 6.61 Å². The first-order valence-electron chi connectivity index (χ1n) is 8.69. The summed E-state index contributed by atoms with van der Waals surface area (Å²) in [7, 11) is 0. The Morgan fingerprint density at radius 3 is 2.48 bits per heavy atom. The highest BCUT2D eigenvalue weighted by molar-refractivity contribution is 5.86. The fraction of sp³-hybridized carbons (Fsp3) is 0.286. The Morgan fingerprint density at radius 1 is 0.920 bits per heavy atom. The number of hydrogen-bond acceptors (Lipinski definition) is 4. The van der Waals surface area contributed by atoms with E-state index >= 15 is 0 Å². The van der Waals surface area contributed by atoms with Gasteiger partial charge < -0.3 is 13.9 Å². The van der Waals surface area contributed by atoms with Crippen molar-refractivity contribution in [3.05, 3.63) is 64.5 Å². The Balaban J connectivity index is 2.14. The van der Waals surface area contributed by atoms with Crippen molar-refractivity contribution < 1.29 is 13.9 Å². The number of rotatable bonds is 7. The van der Waals surface area contributed by atoms with Crippen LogP contribution < -0.4 is 15.1 Å². The van der Waals surface area contributed by atoms with E-state index in [0.29, 0.717) is 17.9 Å². The molecule has 1 aromatic heterocycles. The monoisotopic (exact) mass is 338 g/mol. The number of aryl methyl sites for hydroxylation is 1. The first-order chi connectivity index (χ1) is 12.2. The highest BCUT2D eigenvalue weighted by Crippen LogP contribution is 2.37. The predicted octanol–water partition coefficient (Wildman–Crippen LogP) is 5.33. The van der Waals surface area contributed by atoms with Gasteiger partial charge in [-0.05, 0) is 36.6 Å². The van der Waals surface area contributed by atoms with Gasteiger partial charge in [0.05, 0.1) is 12.0 Å². The summed E-state index contributed by atoms with van der Waals surface area (Å²) >= 11 is 0. The van der Waals surface area contributed by atoms with Gasteiger partial charge in [-0.3, -0.25) is 0 Å². The van der Waals surface area contributed by atoms with E-state index in [1.807, 2.05) is 49.4 Å². The van der Waals surface area contributed by atoms with E-state index in [1.165, 1.54) is 0 Å². The van der Waals surface area contributed by atoms with Crippen LogP contribution in [0.2, 0.25) is 0 Å². The van der Waals surface area contributed by atoms with Crippen LogP contribution in [-0.4, -0.2) is 6.61 Å². The van der Waals surface area contributed by atoms with Gasteiger partial charge in [0.15, 0.2) is 5.75 Å². The summed E-state index contributed by atoms with van der Waals surface area (Å²) in [5.74, 6) is 1.29. The maximum absolute atomic E-state index is 12.4. The van der Waals surface area contributed by atoms with Crippen LogP contribution in [0.4, 0.5) is 0 Å². The van der Waals surface area contributed by atoms with Crippen LogP contribution >= 0.6 is 0 Å². The van der Waals surface area contributed by atoms with Crippen LogP contribution in [0.25, 0.3) is 11.0 Å². The average molecular weight is 338 g/mol. The van der Waals surface area contributed by atoms with Crippen LogP contribution in [0.5, 0.6) is 17.2 Å². The molecule has 0 atom stereocenters. The largest absolute Gasteiger partial charge is 0.484 e. The molecule has 0 N–H and O–H groups in total. The van der Waals surface area contributed by atoms with Gasteiger partial charge >= 0.3 is 5.63 Å². The first-order valence-corrected chi connectivity index (χ1v) is 8.69. The standard InChI is InChI=1S/C21H22O4/c1-3-9-15-10-5-7-12-17(15)24-19-16-11-6-8-13-18(16)25-21(22)20(19)23-14-4-2/h5-8,10-13H,3-4,9,14H2,1-2H3. The van der Waals surface area contributed by atoms with Gasteiger partial charge in [0.2, 0.25) is 5.75 Å². The lowest BCUT2D eigenvalue weighted by Crippen LogP contribution is -2.10.